The van der Waals surface area contributed by atoms with Gasteiger partial charge in [0.25, 0.3) is 0 Å². The van der Waals surface area contributed by atoms with E-state index < -0.39 is 0 Å². The molecule has 0 radical (unpaired) electrons. The first-order valence-electron chi connectivity index (χ1n) is 4.78. The van der Waals surface area contributed by atoms with Crippen molar-refractivity contribution < 1.29 is 9.90 Å². The zero-order chi connectivity index (χ0) is 9.97. The topological polar surface area (TPSA) is 49.3 Å². The van der Waals surface area contributed by atoms with Gasteiger partial charge in [-0.25, -0.2) is 0 Å². The van der Waals surface area contributed by atoms with Crippen LogP contribution in [-0.2, 0) is 11.4 Å². The Labute approximate surface area is 82.8 Å². The quantitative estimate of drug-likeness (QED) is 0.736. The Morgan fingerprint density at radius 2 is 2.07 bits per heavy atom. The Balaban J connectivity index is 2.13. The minimum atomic E-state index is 0.0668. The van der Waals surface area contributed by atoms with E-state index in [1.165, 1.54) is 0 Å². The summed E-state index contributed by atoms with van der Waals surface area (Å²) in [6.45, 7) is 0.0668. The van der Waals surface area contributed by atoms with Crippen LogP contribution in [0, 0.1) is 0 Å². The van der Waals surface area contributed by atoms with Gasteiger partial charge in [0.1, 0.15) is 0 Å². The fourth-order valence-electron chi connectivity index (χ4n) is 1.72. The molecule has 2 rings (SSSR count). The SMILES string of the molecule is O=C1CCC(c2ccc(CO)cc2)N1. The van der Waals surface area contributed by atoms with Crippen molar-refractivity contribution in [3.8, 4) is 0 Å². The molecular formula is C11H13NO2. The number of amides is 1. The van der Waals surface area contributed by atoms with Crippen molar-refractivity contribution >= 4 is 5.91 Å². The van der Waals surface area contributed by atoms with E-state index >= 15 is 0 Å². The monoisotopic (exact) mass is 191 g/mol. The highest BCUT2D eigenvalue weighted by molar-refractivity contribution is 5.78. The third-order valence-corrected chi connectivity index (χ3v) is 2.56. The van der Waals surface area contributed by atoms with Crippen LogP contribution in [0.15, 0.2) is 24.3 Å². The molecule has 0 aliphatic carbocycles. The molecule has 1 aromatic carbocycles. The molecule has 0 aromatic heterocycles. The van der Waals surface area contributed by atoms with Crippen molar-refractivity contribution in [2.45, 2.75) is 25.5 Å². The van der Waals surface area contributed by atoms with Crippen LogP contribution in [0.1, 0.15) is 30.0 Å². The highest BCUT2D eigenvalue weighted by Crippen LogP contribution is 2.23. The Hall–Kier alpha value is -1.35. The summed E-state index contributed by atoms with van der Waals surface area (Å²) in [6, 6.07) is 7.86. The highest BCUT2D eigenvalue weighted by Gasteiger charge is 2.21. The first kappa shape index (κ1) is 9.21. The smallest absolute Gasteiger partial charge is 0.220 e. The number of rotatable bonds is 2. The molecule has 0 bridgehead atoms. The minimum absolute atomic E-state index is 0.0668. The van der Waals surface area contributed by atoms with E-state index in [4.69, 9.17) is 5.11 Å². The van der Waals surface area contributed by atoms with Crippen LogP contribution in [0.4, 0.5) is 0 Å². The summed E-state index contributed by atoms with van der Waals surface area (Å²) >= 11 is 0. The average Bonchev–Trinajstić information content (AvgIpc) is 2.65. The molecule has 74 valence electrons. The molecule has 2 N–H and O–H groups in total. The van der Waals surface area contributed by atoms with Crippen LogP contribution in [0.3, 0.4) is 0 Å². The molecule has 1 aliphatic heterocycles. The first-order chi connectivity index (χ1) is 6.79. The second-order valence-electron chi connectivity index (χ2n) is 3.56. The Kier molecular flexibility index (Phi) is 2.50. The molecule has 1 aliphatic rings. The van der Waals surface area contributed by atoms with E-state index in [2.05, 4.69) is 5.32 Å². The average molecular weight is 191 g/mol. The van der Waals surface area contributed by atoms with Crippen LogP contribution in [-0.4, -0.2) is 11.0 Å². The van der Waals surface area contributed by atoms with Crippen LogP contribution in [0.2, 0.25) is 0 Å². The minimum Gasteiger partial charge on any atom is -0.392 e. The van der Waals surface area contributed by atoms with Crippen molar-refractivity contribution in [2.75, 3.05) is 0 Å². The molecule has 1 heterocycles. The highest BCUT2D eigenvalue weighted by atomic mass is 16.3. The molecule has 1 fully saturated rings. The van der Waals surface area contributed by atoms with Crippen molar-refractivity contribution in [3.05, 3.63) is 35.4 Å². The van der Waals surface area contributed by atoms with Crippen molar-refractivity contribution in [3.63, 3.8) is 0 Å². The van der Waals surface area contributed by atoms with Gasteiger partial charge in [-0.3, -0.25) is 4.79 Å². The molecular weight excluding hydrogens is 178 g/mol. The molecule has 1 aromatic rings. The summed E-state index contributed by atoms with van der Waals surface area (Å²) in [5.74, 6) is 0.126. The van der Waals surface area contributed by atoms with Crippen LogP contribution >= 0.6 is 0 Å². The molecule has 3 heteroatoms. The second-order valence-corrected chi connectivity index (χ2v) is 3.56. The number of aliphatic hydroxyl groups is 1. The van der Waals surface area contributed by atoms with E-state index in [1.54, 1.807) is 0 Å². The molecule has 14 heavy (non-hydrogen) atoms. The number of hydrogen-bond acceptors (Lipinski definition) is 2. The molecule has 1 amide bonds. The first-order valence-corrected chi connectivity index (χ1v) is 4.78. The maximum atomic E-state index is 11.0. The lowest BCUT2D eigenvalue weighted by Gasteiger charge is -2.10. The molecule has 1 saturated heterocycles. The van der Waals surface area contributed by atoms with Crippen LogP contribution in [0.25, 0.3) is 0 Å². The van der Waals surface area contributed by atoms with E-state index in [0.29, 0.717) is 6.42 Å². The Morgan fingerprint density at radius 3 is 2.57 bits per heavy atom. The van der Waals surface area contributed by atoms with Gasteiger partial charge in [0, 0.05) is 6.42 Å². The van der Waals surface area contributed by atoms with E-state index in [-0.39, 0.29) is 18.6 Å². The number of carbonyl (C=O) groups is 1. The fourth-order valence-corrected chi connectivity index (χ4v) is 1.72. The standard InChI is InChI=1S/C11H13NO2/c13-7-8-1-3-9(4-2-8)10-5-6-11(14)12-10/h1-4,10,13H,5-7H2,(H,12,14). The Morgan fingerprint density at radius 1 is 1.36 bits per heavy atom. The van der Waals surface area contributed by atoms with Gasteiger partial charge in [-0.05, 0) is 17.5 Å². The fraction of sp³-hybridized carbons (Fsp3) is 0.364. The zero-order valence-electron chi connectivity index (χ0n) is 7.86. The number of hydrogen-bond donors (Lipinski definition) is 2. The van der Waals surface area contributed by atoms with Gasteiger partial charge in [0.05, 0.1) is 12.6 Å². The molecule has 3 nitrogen and oxygen atoms in total. The summed E-state index contributed by atoms with van der Waals surface area (Å²) in [5, 5.41) is 11.8. The summed E-state index contributed by atoms with van der Waals surface area (Å²) in [6.07, 6.45) is 1.49. The van der Waals surface area contributed by atoms with Gasteiger partial charge in [0.15, 0.2) is 0 Å². The third kappa shape index (κ3) is 1.77. The molecule has 1 unspecified atom stereocenters. The van der Waals surface area contributed by atoms with Crippen molar-refractivity contribution in [2.24, 2.45) is 0 Å². The number of nitrogens with one attached hydrogen (secondary N) is 1. The van der Waals surface area contributed by atoms with Gasteiger partial charge in [-0.2, -0.15) is 0 Å². The number of aliphatic hydroxyl groups excluding tert-OH is 1. The molecule has 0 spiro atoms. The van der Waals surface area contributed by atoms with Gasteiger partial charge in [-0.1, -0.05) is 24.3 Å². The van der Waals surface area contributed by atoms with Gasteiger partial charge in [-0.15, -0.1) is 0 Å². The van der Waals surface area contributed by atoms with E-state index in [1.807, 2.05) is 24.3 Å². The van der Waals surface area contributed by atoms with E-state index in [0.717, 1.165) is 17.5 Å². The maximum Gasteiger partial charge on any atom is 0.220 e. The normalized spacial score (nSPS) is 20.9. The lowest BCUT2D eigenvalue weighted by Crippen LogP contribution is -2.18. The zero-order valence-corrected chi connectivity index (χ0v) is 7.86. The number of benzene rings is 1. The summed E-state index contributed by atoms with van der Waals surface area (Å²) in [7, 11) is 0. The van der Waals surface area contributed by atoms with Crippen LogP contribution < -0.4 is 5.32 Å². The predicted molar refractivity (Wildman–Crippen MR) is 52.5 cm³/mol. The van der Waals surface area contributed by atoms with Gasteiger partial charge >= 0.3 is 0 Å². The van der Waals surface area contributed by atoms with Gasteiger partial charge < -0.3 is 10.4 Å². The Bertz CT molecular complexity index is 332. The lowest BCUT2D eigenvalue weighted by atomic mass is 10.0. The number of carbonyl (C=O) groups excluding carboxylic acids is 1. The summed E-state index contributed by atoms with van der Waals surface area (Å²) in [5.41, 5.74) is 2.02. The largest absolute Gasteiger partial charge is 0.392 e. The van der Waals surface area contributed by atoms with Gasteiger partial charge in [0.2, 0.25) is 5.91 Å². The van der Waals surface area contributed by atoms with E-state index in [9.17, 15) is 4.79 Å². The second kappa shape index (κ2) is 3.80. The summed E-state index contributed by atoms with van der Waals surface area (Å²) < 4.78 is 0. The third-order valence-electron chi connectivity index (χ3n) is 2.56. The predicted octanol–water partition coefficient (Wildman–Crippen LogP) is 1.13. The summed E-state index contributed by atoms with van der Waals surface area (Å²) in [4.78, 5) is 11.0. The molecule has 0 saturated carbocycles. The molecule has 1 atom stereocenters. The lowest BCUT2D eigenvalue weighted by molar-refractivity contribution is -0.119. The van der Waals surface area contributed by atoms with Crippen LogP contribution in [0.5, 0.6) is 0 Å². The van der Waals surface area contributed by atoms with Crippen molar-refractivity contribution in [1.29, 1.82) is 0 Å². The van der Waals surface area contributed by atoms with Crippen molar-refractivity contribution in [1.82, 2.24) is 5.32 Å². The maximum absolute atomic E-state index is 11.0.